The lowest BCUT2D eigenvalue weighted by molar-refractivity contribution is -0.384. The number of halogens is 3. The third-order valence-electron chi connectivity index (χ3n) is 3.97. The number of non-ortho nitro benzene ring substituents is 1. The minimum absolute atomic E-state index is 0.0378. The molecule has 0 saturated heterocycles. The van der Waals surface area contributed by atoms with E-state index in [0.29, 0.717) is 0 Å². The van der Waals surface area contributed by atoms with Crippen LogP contribution in [0.2, 0.25) is 0 Å². The van der Waals surface area contributed by atoms with Gasteiger partial charge in [0.15, 0.2) is 0 Å². The van der Waals surface area contributed by atoms with E-state index in [-0.39, 0.29) is 27.5 Å². The second-order valence-electron chi connectivity index (χ2n) is 5.69. The molecule has 0 fully saturated rings. The van der Waals surface area contributed by atoms with Gasteiger partial charge >= 0.3 is 6.18 Å². The van der Waals surface area contributed by atoms with Crippen LogP contribution in [0, 0.1) is 10.1 Å². The van der Waals surface area contributed by atoms with Crippen molar-refractivity contribution < 1.29 is 28.0 Å². The molecular formula is C16H11F3N4O4. The van der Waals surface area contributed by atoms with Gasteiger partial charge in [-0.05, 0) is 24.3 Å². The number of carbonyl (C=O) groups is 1. The molecule has 1 aliphatic heterocycles. The van der Waals surface area contributed by atoms with Gasteiger partial charge in [0.1, 0.15) is 0 Å². The number of amides is 1. The molecule has 2 aromatic rings. The minimum Gasteiger partial charge on any atom is -0.362 e. The maximum Gasteiger partial charge on any atom is 0.438 e. The molecule has 3 rings (SSSR count). The molecule has 2 heterocycles. The van der Waals surface area contributed by atoms with Crippen LogP contribution in [-0.4, -0.2) is 43.5 Å². The first kappa shape index (κ1) is 18.5. The first-order chi connectivity index (χ1) is 12.6. The normalized spacial score (nSPS) is 19.7. The van der Waals surface area contributed by atoms with Crippen molar-refractivity contribution in [1.82, 2.24) is 9.99 Å². The van der Waals surface area contributed by atoms with Gasteiger partial charge in [0, 0.05) is 35.7 Å². The van der Waals surface area contributed by atoms with Crippen LogP contribution in [-0.2, 0) is 0 Å². The van der Waals surface area contributed by atoms with Crippen molar-refractivity contribution >= 4 is 17.3 Å². The van der Waals surface area contributed by atoms with Gasteiger partial charge < -0.3 is 5.11 Å². The Hall–Kier alpha value is -3.34. The highest BCUT2D eigenvalue weighted by atomic mass is 19.4. The van der Waals surface area contributed by atoms with E-state index in [1.54, 1.807) is 0 Å². The first-order valence-corrected chi connectivity index (χ1v) is 7.49. The van der Waals surface area contributed by atoms with E-state index in [1.807, 2.05) is 0 Å². The molecule has 1 amide bonds. The molecule has 1 atom stereocenters. The van der Waals surface area contributed by atoms with Crippen LogP contribution in [0.15, 0.2) is 53.9 Å². The van der Waals surface area contributed by atoms with E-state index in [2.05, 4.69) is 10.1 Å². The summed E-state index contributed by atoms with van der Waals surface area (Å²) in [5.41, 5.74) is -4.04. The lowest BCUT2D eigenvalue weighted by Gasteiger charge is -2.32. The van der Waals surface area contributed by atoms with Crippen molar-refractivity contribution in [3.8, 4) is 0 Å². The second-order valence-corrected chi connectivity index (χ2v) is 5.69. The standard InChI is InChI=1S/C16H11F3N4O4/c17-16(18,19)15(25)9-13(10-5-7-20-8-6-10)21-22(15)14(24)11-1-3-12(4-2-11)23(26)27/h1-8,25H,9H2. The SMILES string of the molecule is O=C(c1ccc([N+](=O)[O-])cc1)N1N=C(c2ccncc2)CC1(O)C(F)(F)F. The average Bonchev–Trinajstić information content (AvgIpc) is 3.01. The van der Waals surface area contributed by atoms with Crippen molar-refractivity contribution in [2.75, 3.05) is 0 Å². The number of carbonyl (C=O) groups excluding carboxylic acids is 1. The number of hydrazone groups is 1. The molecule has 11 heteroatoms. The molecule has 27 heavy (non-hydrogen) atoms. The smallest absolute Gasteiger partial charge is 0.362 e. The van der Waals surface area contributed by atoms with Gasteiger partial charge in [0.2, 0.25) is 0 Å². The number of nitrogens with zero attached hydrogens (tertiary/aromatic N) is 4. The molecule has 0 radical (unpaired) electrons. The Balaban J connectivity index is 2.01. The number of hydrogen-bond acceptors (Lipinski definition) is 6. The number of nitro benzene ring substituents is 1. The molecule has 0 spiro atoms. The highest BCUT2D eigenvalue weighted by molar-refractivity contribution is 6.05. The summed E-state index contributed by atoms with van der Waals surface area (Å²) in [6.07, 6.45) is -3.46. The predicted molar refractivity (Wildman–Crippen MR) is 85.7 cm³/mol. The number of nitro groups is 1. The Kier molecular flexibility index (Phi) is 4.39. The monoisotopic (exact) mass is 380 g/mol. The predicted octanol–water partition coefficient (Wildman–Crippen LogP) is 2.49. The first-order valence-electron chi connectivity index (χ1n) is 7.49. The summed E-state index contributed by atoms with van der Waals surface area (Å²) in [5.74, 6) is -1.24. The summed E-state index contributed by atoms with van der Waals surface area (Å²) in [7, 11) is 0. The van der Waals surface area contributed by atoms with Crippen LogP contribution in [0.5, 0.6) is 0 Å². The quantitative estimate of drug-likeness (QED) is 0.650. The van der Waals surface area contributed by atoms with Gasteiger partial charge in [-0.2, -0.15) is 23.3 Å². The van der Waals surface area contributed by atoms with Gasteiger partial charge in [0.05, 0.1) is 17.1 Å². The largest absolute Gasteiger partial charge is 0.438 e. The molecule has 0 saturated carbocycles. The fourth-order valence-electron chi connectivity index (χ4n) is 2.53. The Labute approximate surface area is 149 Å². The number of hydrogen-bond donors (Lipinski definition) is 1. The fourth-order valence-corrected chi connectivity index (χ4v) is 2.53. The lowest BCUT2D eigenvalue weighted by atomic mass is 10.0. The molecule has 1 aliphatic rings. The van der Waals surface area contributed by atoms with Gasteiger partial charge in [-0.3, -0.25) is 19.9 Å². The molecule has 1 N–H and O–H groups in total. The summed E-state index contributed by atoms with van der Waals surface area (Å²) in [6, 6.07) is 6.74. The van der Waals surface area contributed by atoms with Crippen molar-refractivity contribution in [1.29, 1.82) is 0 Å². The Bertz CT molecular complexity index is 916. The average molecular weight is 380 g/mol. The lowest BCUT2D eigenvalue weighted by Crippen LogP contribution is -2.56. The Morgan fingerprint density at radius 3 is 2.30 bits per heavy atom. The maximum absolute atomic E-state index is 13.5. The van der Waals surface area contributed by atoms with E-state index >= 15 is 0 Å². The molecule has 0 aliphatic carbocycles. The van der Waals surface area contributed by atoms with E-state index in [9.17, 15) is 33.2 Å². The van der Waals surface area contributed by atoms with Crippen LogP contribution < -0.4 is 0 Å². The maximum atomic E-state index is 13.5. The fraction of sp³-hybridized carbons (Fsp3) is 0.188. The highest BCUT2D eigenvalue weighted by Crippen LogP contribution is 2.42. The molecular weight excluding hydrogens is 369 g/mol. The van der Waals surface area contributed by atoms with E-state index < -0.39 is 29.2 Å². The van der Waals surface area contributed by atoms with Crippen molar-refractivity contribution in [2.24, 2.45) is 5.10 Å². The summed E-state index contributed by atoms with van der Waals surface area (Å²) in [6.45, 7) is 0. The number of pyridine rings is 1. The van der Waals surface area contributed by atoms with Crippen molar-refractivity contribution in [2.45, 2.75) is 18.3 Å². The topological polar surface area (TPSA) is 109 Å². The number of aliphatic hydroxyl groups is 1. The molecule has 1 unspecified atom stereocenters. The summed E-state index contributed by atoms with van der Waals surface area (Å²) in [5, 5.41) is 24.5. The van der Waals surface area contributed by atoms with Crippen molar-refractivity contribution in [3.05, 3.63) is 70.0 Å². The molecule has 1 aromatic heterocycles. The molecule has 8 nitrogen and oxygen atoms in total. The summed E-state index contributed by atoms with van der Waals surface area (Å²) >= 11 is 0. The van der Waals surface area contributed by atoms with Crippen LogP contribution in [0.1, 0.15) is 22.3 Å². The number of benzene rings is 1. The zero-order chi connectivity index (χ0) is 19.8. The third kappa shape index (κ3) is 3.24. The molecule has 1 aromatic carbocycles. The van der Waals surface area contributed by atoms with Gasteiger partial charge in [-0.25, -0.2) is 0 Å². The second kappa shape index (κ2) is 6.43. The third-order valence-corrected chi connectivity index (χ3v) is 3.97. The zero-order valence-corrected chi connectivity index (χ0v) is 13.4. The molecule has 0 bridgehead atoms. The van der Waals surface area contributed by atoms with Crippen LogP contribution >= 0.6 is 0 Å². The number of aromatic nitrogens is 1. The van der Waals surface area contributed by atoms with E-state index in [0.717, 1.165) is 24.3 Å². The number of rotatable bonds is 3. The summed E-state index contributed by atoms with van der Waals surface area (Å²) in [4.78, 5) is 26.2. The van der Waals surface area contributed by atoms with Crippen LogP contribution in [0.4, 0.5) is 18.9 Å². The highest BCUT2D eigenvalue weighted by Gasteiger charge is 2.63. The Morgan fingerprint density at radius 1 is 1.19 bits per heavy atom. The zero-order valence-electron chi connectivity index (χ0n) is 13.4. The Morgan fingerprint density at radius 2 is 1.78 bits per heavy atom. The van der Waals surface area contributed by atoms with Gasteiger partial charge in [-0.1, -0.05) is 0 Å². The molecule has 140 valence electrons. The number of alkyl halides is 3. The van der Waals surface area contributed by atoms with E-state index in [1.165, 1.54) is 24.5 Å². The van der Waals surface area contributed by atoms with Crippen LogP contribution in [0.25, 0.3) is 0 Å². The van der Waals surface area contributed by atoms with Gasteiger partial charge in [-0.15, -0.1) is 0 Å². The van der Waals surface area contributed by atoms with Gasteiger partial charge in [0.25, 0.3) is 17.3 Å². The minimum atomic E-state index is -5.18. The van der Waals surface area contributed by atoms with Crippen molar-refractivity contribution in [3.63, 3.8) is 0 Å². The van der Waals surface area contributed by atoms with E-state index in [4.69, 9.17) is 0 Å². The van der Waals surface area contributed by atoms with Crippen LogP contribution in [0.3, 0.4) is 0 Å². The summed E-state index contributed by atoms with van der Waals surface area (Å²) < 4.78 is 40.5.